The van der Waals surface area contributed by atoms with Crippen LogP contribution < -0.4 is 10.2 Å². The van der Waals surface area contributed by atoms with Gasteiger partial charge in [-0.2, -0.15) is 0 Å². The van der Waals surface area contributed by atoms with Crippen molar-refractivity contribution in [1.82, 2.24) is 5.32 Å². The molecule has 3 atom stereocenters. The topological polar surface area (TPSA) is 108 Å². The molecule has 0 aliphatic carbocycles. The van der Waals surface area contributed by atoms with E-state index >= 15 is 0 Å². The van der Waals surface area contributed by atoms with Crippen LogP contribution in [0, 0.1) is 0 Å². The summed E-state index contributed by atoms with van der Waals surface area (Å²) in [5, 5.41) is 13.9. The summed E-state index contributed by atoms with van der Waals surface area (Å²) >= 11 is 0. The molecule has 8 nitrogen and oxygen atoms in total. The molecule has 68 heavy (non-hydrogen) atoms. The lowest BCUT2D eigenvalue weighted by Gasteiger charge is -2.30. The summed E-state index contributed by atoms with van der Waals surface area (Å²) in [6.07, 6.45) is 71.2. The van der Waals surface area contributed by atoms with Crippen LogP contribution in [0.25, 0.3) is 0 Å². The molecule has 3 unspecified atom stereocenters. The Kier molecular flexibility index (Phi) is 47.1. The Bertz CT molecular complexity index is 1470. The monoisotopic (exact) mass is 967 g/mol. The van der Waals surface area contributed by atoms with Crippen LogP contribution in [-0.4, -0.2) is 68.5 Å². The van der Waals surface area contributed by atoms with Crippen molar-refractivity contribution < 1.29 is 32.9 Å². The van der Waals surface area contributed by atoms with Gasteiger partial charge in [-0.15, -0.1) is 0 Å². The van der Waals surface area contributed by atoms with Gasteiger partial charge in [0, 0.05) is 6.42 Å². The van der Waals surface area contributed by atoms with Crippen molar-refractivity contribution in [3.8, 4) is 0 Å². The van der Waals surface area contributed by atoms with Crippen molar-refractivity contribution >= 4 is 13.7 Å². The number of aliphatic hydroxyl groups is 1. The lowest BCUT2D eigenvalue weighted by atomic mass is 10.0. The lowest BCUT2D eigenvalue weighted by Crippen LogP contribution is -2.46. The first-order chi connectivity index (χ1) is 33.0. The van der Waals surface area contributed by atoms with Crippen molar-refractivity contribution in [3.05, 3.63) is 109 Å². The van der Waals surface area contributed by atoms with Crippen LogP contribution in [-0.2, 0) is 18.4 Å². The Morgan fingerprint density at radius 2 is 0.897 bits per heavy atom. The van der Waals surface area contributed by atoms with Gasteiger partial charge in [0.25, 0.3) is 7.82 Å². The third kappa shape index (κ3) is 51.0. The average molecular weight is 967 g/mol. The molecule has 390 valence electrons. The number of phosphoric ester groups is 1. The molecule has 0 bridgehead atoms. The maximum atomic E-state index is 12.9. The fourth-order valence-corrected chi connectivity index (χ4v) is 7.99. The van der Waals surface area contributed by atoms with E-state index in [9.17, 15) is 19.4 Å². The molecule has 0 rings (SSSR count). The summed E-state index contributed by atoms with van der Waals surface area (Å²) in [7, 11) is 1.28. The summed E-state index contributed by atoms with van der Waals surface area (Å²) in [4.78, 5) is 25.4. The number of carbonyl (C=O) groups is 1. The van der Waals surface area contributed by atoms with Gasteiger partial charge in [0.15, 0.2) is 0 Å². The third-order valence-corrected chi connectivity index (χ3v) is 12.5. The molecule has 1 amide bonds. The quantitative estimate of drug-likeness (QED) is 0.0272. The van der Waals surface area contributed by atoms with E-state index in [2.05, 4.69) is 129 Å². The van der Waals surface area contributed by atoms with Crippen LogP contribution in [0.15, 0.2) is 109 Å². The summed E-state index contributed by atoms with van der Waals surface area (Å²) in [5.41, 5.74) is 0. The summed E-state index contributed by atoms with van der Waals surface area (Å²) in [6.45, 7) is 4.57. The number of phosphoric acid groups is 1. The van der Waals surface area contributed by atoms with Gasteiger partial charge in [-0.1, -0.05) is 226 Å². The molecule has 0 aliphatic rings. The minimum atomic E-state index is -4.58. The predicted molar refractivity (Wildman–Crippen MR) is 292 cm³/mol. The predicted octanol–water partition coefficient (Wildman–Crippen LogP) is 15.8. The first kappa shape index (κ1) is 65.2. The van der Waals surface area contributed by atoms with Gasteiger partial charge in [0.1, 0.15) is 13.2 Å². The number of aliphatic hydroxyl groups excluding tert-OH is 1. The number of likely N-dealkylation sites (N-methyl/N-ethyl adjacent to an activating group) is 1. The number of nitrogens with zero attached hydrogens (tertiary/aromatic N) is 1. The Morgan fingerprint density at radius 3 is 1.31 bits per heavy atom. The minimum Gasteiger partial charge on any atom is -0.756 e. The van der Waals surface area contributed by atoms with E-state index in [0.717, 1.165) is 109 Å². The Labute approximate surface area is 419 Å². The van der Waals surface area contributed by atoms with Gasteiger partial charge in [-0.05, 0) is 83.5 Å². The van der Waals surface area contributed by atoms with Gasteiger partial charge in [0.05, 0.1) is 39.9 Å². The molecule has 9 heteroatoms. The van der Waals surface area contributed by atoms with Crippen molar-refractivity contribution in [2.24, 2.45) is 0 Å². The molecule has 0 radical (unpaired) electrons. The van der Waals surface area contributed by atoms with Gasteiger partial charge < -0.3 is 28.8 Å². The molecule has 0 spiro atoms. The molecule has 0 aromatic carbocycles. The Hall–Kier alpha value is -2.84. The van der Waals surface area contributed by atoms with E-state index in [1.807, 2.05) is 21.1 Å². The summed E-state index contributed by atoms with van der Waals surface area (Å²) in [6, 6.07) is -0.813. The zero-order valence-corrected chi connectivity index (χ0v) is 45.2. The number of rotatable bonds is 48. The first-order valence-electron chi connectivity index (χ1n) is 27.2. The second-order valence-corrected chi connectivity index (χ2v) is 20.6. The fourth-order valence-electron chi connectivity index (χ4n) is 7.27. The molecule has 0 aliphatic heterocycles. The van der Waals surface area contributed by atoms with E-state index in [1.165, 1.54) is 70.6 Å². The number of allylic oxidation sites excluding steroid dienone is 18. The van der Waals surface area contributed by atoms with Crippen LogP contribution >= 0.6 is 7.82 Å². The number of hydrogen-bond donors (Lipinski definition) is 2. The highest BCUT2D eigenvalue weighted by Crippen LogP contribution is 2.38. The molecule has 0 saturated heterocycles. The zero-order valence-electron chi connectivity index (χ0n) is 44.3. The van der Waals surface area contributed by atoms with E-state index in [4.69, 9.17) is 9.05 Å². The molecule has 0 heterocycles. The maximum absolute atomic E-state index is 12.9. The van der Waals surface area contributed by atoms with Crippen LogP contribution in [0.2, 0.25) is 0 Å². The molecule has 0 saturated carbocycles. The lowest BCUT2D eigenvalue weighted by molar-refractivity contribution is -0.870. The largest absolute Gasteiger partial charge is 0.756 e. The zero-order chi connectivity index (χ0) is 49.9. The number of unbranched alkanes of at least 4 members (excludes halogenated alkanes) is 17. The maximum Gasteiger partial charge on any atom is 0.268 e. The highest BCUT2D eigenvalue weighted by molar-refractivity contribution is 7.45. The Balaban J connectivity index is 4.14. The number of hydrogen-bond acceptors (Lipinski definition) is 6. The normalized spacial score (nSPS) is 14.9. The first-order valence-corrected chi connectivity index (χ1v) is 28.7. The average Bonchev–Trinajstić information content (AvgIpc) is 3.30. The van der Waals surface area contributed by atoms with Crippen molar-refractivity contribution in [1.29, 1.82) is 0 Å². The van der Waals surface area contributed by atoms with Gasteiger partial charge in [-0.3, -0.25) is 9.36 Å². The number of amides is 1. The molecular formula is C59H103N2O6P. The van der Waals surface area contributed by atoms with Gasteiger partial charge in [-0.25, -0.2) is 0 Å². The second kappa shape index (κ2) is 49.2. The molecule has 0 aromatic rings. The number of quaternary nitrogens is 1. The minimum absolute atomic E-state index is 0.00422. The van der Waals surface area contributed by atoms with E-state index in [-0.39, 0.29) is 19.1 Å². The van der Waals surface area contributed by atoms with E-state index in [1.54, 1.807) is 0 Å². The SMILES string of the molecule is CC/C=C\C/C=C\C/C=C\C/C=C\C/C=C\C/C=C\C/C=C\C/C=C\C/C=C\CCCCCCCCCC(=O)NC(COP(=O)([O-])OCC[N+](C)(C)C)C(O)CCCCCCCCCCCCC. The van der Waals surface area contributed by atoms with Gasteiger partial charge in [0.2, 0.25) is 5.91 Å². The van der Waals surface area contributed by atoms with Crippen LogP contribution in [0.5, 0.6) is 0 Å². The molecule has 0 fully saturated rings. The number of carbonyl (C=O) groups excluding carboxylic acids is 1. The number of nitrogens with one attached hydrogen (secondary N) is 1. The van der Waals surface area contributed by atoms with Crippen LogP contribution in [0.1, 0.15) is 206 Å². The summed E-state index contributed by atoms with van der Waals surface area (Å²) in [5.74, 6) is -0.182. The Morgan fingerprint density at radius 1 is 0.529 bits per heavy atom. The second-order valence-electron chi connectivity index (χ2n) is 19.2. The standard InChI is InChI=1S/C59H103N2O6P/c1-6-8-10-12-14-16-18-19-20-21-22-23-24-25-26-27-28-29-30-31-32-33-34-35-36-37-38-39-40-41-43-45-47-49-51-53-59(63)60-57(56-67-68(64,65)66-55-54-61(3,4)5)58(62)52-50-48-46-44-42-17-15-13-11-9-7-2/h8,10,14,16,19-20,22-23,25-26,28-29,31-32,34-35,37-38,57-58,62H,6-7,9,11-13,15,17-18,21,24,27,30,33,36,39-56H2,1-5H3,(H-,60,63,64,65)/b10-8-,16-14-,20-19-,23-22-,26-25-,29-28-,32-31-,35-34-,38-37-. The molecule has 2 N–H and O–H groups in total. The van der Waals surface area contributed by atoms with E-state index < -0.39 is 20.0 Å². The highest BCUT2D eigenvalue weighted by atomic mass is 31.2. The molecule has 0 aromatic heterocycles. The smallest absolute Gasteiger partial charge is 0.268 e. The van der Waals surface area contributed by atoms with Crippen molar-refractivity contribution in [2.75, 3.05) is 40.9 Å². The highest BCUT2D eigenvalue weighted by Gasteiger charge is 2.24. The van der Waals surface area contributed by atoms with Crippen molar-refractivity contribution in [3.63, 3.8) is 0 Å². The third-order valence-electron chi connectivity index (χ3n) is 11.5. The van der Waals surface area contributed by atoms with Crippen molar-refractivity contribution in [2.45, 2.75) is 219 Å². The van der Waals surface area contributed by atoms with Crippen LogP contribution in [0.3, 0.4) is 0 Å². The fraction of sp³-hybridized carbons (Fsp3) is 0.678. The molecular weight excluding hydrogens is 864 g/mol. The van der Waals surface area contributed by atoms with E-state index in [0.29, 0.717) is 23.9 Å². The summed E-state index contributed by atoms with van der Waals surface area (Å²) < 4.78 is 23.3. The van der Waals surface area contributed by atoms with Crippen LogP contribution in [0.4, 0.5) is 0 Å². The van der Waals surface area contributed by atoms with Gasteiger partial charge >= 0.3 is 0 Å².